The molecule has 0 aromatic rings. The van der Waals surface area contributed by atoms with Gasteiger partial charge in [0.25, 0.3) is 0 Å². The first kappa shape index (κ1) is 11.1. The molecule has 1 aliphatic heterocycles. The average molecular weight is 205 g/mol. The summed E-state index contributed by atoms with van der Waals surface area (Å²) in [6.07, 6.45) is 0.942. The summed E-state index contributed by atoms with van der Waals surface area (Å²) in [7, 11) is -1.62. The van der Waals surface area contributed by atoms with E-state index in [1.807, 2.05) is 13.8 Å². The highest BCUT2D eigenvalue weighted by Gasteiger charge is 2.31. The molecule has 1 fully saturated rings. The zero-order valence-electron chi connectivity index (χ0n) is 8.87. The Bertz CT molecular complexity index is 165. The van der Waals surface area contributed by atoms with E-state index in [-0.39, 0.29) is 6.10 Å². The molecule has 0 amide bonds. The number of hydrogen-bond acceptors (Lipinski definition) is 4. The van der Waals surface area contributed by atoms with E-state index >= 15 is 0 Å². The van der Waals surface area contributed by atoms with Crippen LogP contribution in [0.15, 0.2) is 0 Å². The molecule has 1 aliphatic rings. The number of rotatable bonds is 4. The Hall–Kier alpha value is 0.0569. The average Bonchev–Trinajstić information content (AvgIpc) is 2.34. The minimum absolute atomic E-state index is 0.173. The van der Waals surface area contributed by atoms with Gasteiger partial charge in [-0.3, -0.25) is 9.68 Å². The van der Waals surface area contributed by atoms with Crippen molar-refractivity contribution in [1.29, 1.82) is 0 Å². The Kier molecular flexibility index (Phi) is 3.87. The minimum Gasteiger partial charge on any atom is -0.416 e. The Morgan fingerprint density at radius 3 is 2.69 bits per heavy atom. The molecule has 13 heavy (non-hydrogen) atoms. The summed E-state index contributed by atoms with van der Waals surface area (Å²) in [4.78, 5) is 10.7. The van der Waals surface area contributed by atoms with Crippen molar-refractivity contribution in [1.82, 2.24) is 5.23 Å². The molecule has 1 unspecified atom stereocenters. The van der Waals surface area contributed by atoms with Gasteiger partial charge in [0, 0.05) is 6.61 Å². The van der Waals surface area contributed by atoms with Gasteiger partial charge in [0.15, 0.2) is 0 Å². The maximum atomic E-state index is 5.66. The van der Waals surface area contributed by atoms with Crippen molar-refractivity contribution in [2.24, 2.45) is 0 Å². The topological polar surface area (TPSA) is 30.9 Å². The van der Waals surface area contributed by atoms with Gasteiger partial charge in [-0.1, -0.05) is 5.23 Å². The maximum Gasteiger partial charge on any atom is 0.205 e. The lowest BCUT2D eigenvalue weighted by atomic mass is 10.5. The predicted molar refractivity (Wildman–Crippen MR) is 52.3 cm³/mol. The zero-order valence-corrected chi connectivity index (χ0v) is 9.87. The van der Waals surface area contributed by atoms with Crippen molar-refractivity contribution in [2.75, 3.05) is 19.4 Å². The molecule has 0 spiro atoms. The van der Waals surface area contributed by atoms with Gasteiger partial charge in [0.2, 0.25) is 8.32 Å². The van der Waals surface area contributed by atoms with Crippen LogP contribution in [0.3, 0.4) is 0 Å². The number of nitrogens with zero attached hydrogens (tertiary/aromatic N) is 1. The molecule has 0 saturated carbocycles. The molecule has 78 valence electrons. The second-order valence-corrected chi connectivity index (χ2v) is 8.02. The first-order valence-electron chi connectivity index (χ1n) is 4.74. The van der Waals surface area contributed by atoms with Gasteiger partial charge in [0.05, 0.1) is 12.8 Å². The van der Waals surface area contributed by atoms with E-state index < -0.39 is 8.32 Å². The van der Waals surface area contributed by atoms with Gasteiger partial charge in [0.1, 0.15) is 6.10 Å². The third-order valence-electron chi connectivity index (χ3n) is 1.80. The molecule has 1 rings (SSSR count). The van der Waals surface area contributed by atoms with E-state index in [0.29, 0.717) is 6.61 Å². The molecule has 0 N–H and O–H groups in total. The van der Waals surface area contributed by atoms with Crippen LogP contribution in [-0.2, 0) is 14.1 Å². The van der Waals surface area contributed by atoms with Gasteiger partial charge in [-0.15, -0.1) is 0 Å². The van der Waals surface area contributed by atoms with Crippen molar-refractivity contribution in [3.63, 3.8) is 0 Å². The van der Waals surface area contributed by atoms with Crippen LogP contribution in [0, 0.1) is 0 Å². The van der Waals surface area contributed by atoms with Crippen molar-refractivity contribution >= 4 is 8.32 Å². The van der Waals surface area contributed by atoms with Crippen LogP contribution in [0.2, 0.25) is 13.1 Å². The van der Waals surface area contributed by atoms with Crippen molar-refractivity contribution in [3.8, 4) is 0 Å². The Morgan fingerprint density at radius 2 is 2.23 bits per heavy atom. The van der Waals surface area contributed by atoms with Gasteiger partial charge >= 0.3 is 0 Å². The summed E-state index contributed by atoms with van der Waals surface area (Å²) in [6.45, 7) is 9.75. The monoisotopic (exact) mass is 205 g/mol. The van der Waals surface area contributed by atoms with Gasteiger partial charge in [-0.2, -0.15) is 0 Å². The smallest absolute Gasteiger partial charge is 0.205 e. The summed E-state index contributed by atoms with van der Waals surface area (Å²) in [5.74, 6) is 0. The molecule has 1 atom stereocenters. The van der Waals surface area contributed by atoms with E-state index in [4.69, 9.17) is 14.1 Å². The van der Waals surface area contributed by atoms with Crippen LogP contribution in [0.25, 0.3) is 0 Å². The number of hydrogen-bond donors (Lipinski definition) is 0. The first-order chi connectivity index (χ1) is 6.03. The van der Waals surface area contributed by atoms with E-state index in [0.717, 1.165) is 12.8 Å². The molecule has 4 nitrogen and oxygen atoms in total. The molecule has 0 bridgehead atoms. The van der Waals surface area contributed by atoms with Crippen LogP contribution < -0.4 is 0 Å². The standard InChI is InChI=1S/C8H19NO3Si/c1-5-11-13(3,4)7-9-10-6-8(2)12-9/h8H,5-7H2,1-4H3. The molecule has 1 heterocycles. The highest BCUT2D eigenvalue weighted by molar-refractivity contribution is 6.71. The highest BCUT2D eigenvalue weighted by Crippen LogP contribution is 2.14. The fourth-order valence-electron chi connectivity index (χ4n) is 1.28. The lowest BCUT2D eigenvalue weighted by Crippen LogP contribution is -2.43. The SMILES string of the molecule is CCO[Si](C)(C)CN1OCC(C)O1. The van der Waals surface area contributed by atoms with Crippen LogP contribution in [0.4, 0.5) is 0 Å². The quantitative estimate of drug-likeness (QED) is 0.648. The summed E-state index contributed by atoms with van der Waals surface area (Å²) in [6, 6.07) is 0. The molecular weight excluding hydrogens is 186 g/mol. The van der Waals surface area contributed by atoms with Crippen LogP contribution in [0.1, 0.15) is 13.8 Å². The Morgan fingerprint density at radius 1 is 1.54 bits per heavy atom. The summed E-state index contributed by atoms with van der Waals surface area (Å²) < 4.78 is 5.66. The first-order valence-corrected chi connectivity index (χ1v) is 7.86. The molecule has 1 saturated heterocycles. The Balaban J connectivity index is 2.30. The normalized spacial score (nSPS) is 25.4. The van der Waals surface area contributed by atoms with Crippen LogP contribution in [0.5, 0.6) is 0 Å². The van der Waals surface area contributed by atoms with E-state index in [2.05, 4.69) is 13.1 Å². The van der Waals surface area contributed by atoms with E-state index in [1.54, 1.807) is 5.23 Å². The predicted octanol–water partition coefficient (Wildman–Crippen LogP) is 1.33. The van der Waals surface area contributed by atoms with Gasteiger partial charge in [-0.25, -0.2) is 0 Å². The minimum atomic E-state index is -1.62. The largest absolute Gasteiger partial charge is 0.416 e. The molecule has 0 aromatic carbocycles. The number of hydroxylamine groups is 2. The Labute approximate surface area is 80.8 Å². The van der Waals surface area contributed by atoms with Gasteiger partial charge in [-0.05, 0) is 26.9 Å². The molecule has 0 aromatic heterocycles. The lowest BCUT2D eigenvalue weighted by molar-refractivity contribution is -0.297. The third-order valence-corrected chi connectivity index (χ3v) is 3.89. The van der Waals surface area contributed by atoms with Crippen molar-refractivity contribution in [3.05, 3.63) is 0 Å². The van der Waals surface area contributed by atoms with Crippen LogP contribution in [-0.4, -0.2) is 39.0 Å². The molecule has 0 aliphatic carbocycles. The lowest BCUT2D eigenvalue weighted by Gasteiger charge is -2.25. The van der Waals surface area contributed by atoms with Crippen LogP contribution >= 0.6 is 0 Å². The van der Waals surface area contributed by atoms with E-state index in [1.165, 1.54) is 0 Å². The summed E-state index contributed by atoms with van der Waals surface area (Å²) in [5, 5.41) is 1.58. The fourth-order valence-corrected chi connectivity index (χ4v) is 2.94. The second-order valence-electron chi connectivity index (χ2n) is 3.90. The molecule has 0 radical (unpaired) electrons. The zero-order chi connectivity index (χ0) is 9.90. The summed E-state index contributed by atoms with van der Waals surface area (Å²) in [5.41, 5.74) is 0. The van der Waals surface area contributed by atoms with Crippen molar-refractivity contribution < 1.29 is 14.1 Å². The fraction of sp³-hybridized carbons (Fsp3) is 1.00. The highest BCUT2D eigenvalue weighted by atomic mass is 28.4. The summed E-state index contributed by atoms with van der Waals surface area (Å²) >= 11 is 0. The van der Waals surface area contributed by atoms with E-state index in [9.17, 15) is 0 Å². The van der Waals surface area contributed by atoms with Crippen molar-refractivity contribution in [2.45, 2.75) is 33.0 Å². The van der Waals surface area contributed by atoms with Gasteiger partial charge < -0.3 is 4.43 Å². The maximum absolute atomic E-state index is 5.66. The molecule has 5 heteroatoms. The second kappa shape index (κ2) is 4.52. The third kappa shape index (κ3) is 3.74. The molecular formula is C8H19NO3Si.